The lowest BCUT2D eigenvalue weighted by Gasteiger charge is -2.28. The number of aromatic nitrogens is 1. The second-order valence-electron chi connectivity index (χ2n) is 13.2. The highest BCUT2D eigenvalue weighted by Gasteiger charge is 2.23. The van der Waals surface area contributed by atoms with Gasteiger partial charge in [0.25, 0.3) is 10.0 Å². The third-order valence-corrected chi connectivity index (χ3v) is 11.3. The van der Waals surface area contributed by atoms with E-state index in [9.17, 15) is 18.3 Å². The van der Waals surface area contributed by atoms with Gasteiger partial charge < -0.3 is 9.84 Å². The SMILES string of the molecule is COc1cc(C(=O)O)ccc1NS(=O)(=O)c1ccc(C2CCCCCC(C3CCCCCCCCCCC3)CCCC2)cn1. The number of carboxylic acids is 1. The zero-order chi connectivity index (χ0) is 31.2. The number of nitrogens with one attached hydrogen (secondary N) is 1. The molecular weight excluding hydrogens is 572 g/mol. The molecule has 2 aliphatic rings. The molecule has 2 atom stereocenters. The van der Waals surface area contributed by atoms with Crippen LogP contribution >= 0.6 is 0 Å². The van der Waals surface area contributed by atoms with Gasteiger partial charge in [0, 0.05) is 6.20 Å². The van der Waals surface area contributed by atoms with Gasteiger partial charge in [-0.1, -0.05) is 122 Å². The van der Waals surface area contributed by atoms with Gasteiger partial charge in [0.1, 0.15) is 5.75 Å². The summed E-state index contributed by atoms with van der Waals surface area (Å²) in [6.45, 7) is 0. The van der Waals surface area contributed by atoms with Crippen LogP contribution in [0.4, 0.5) is 5.69 Å². The van der Waals surface area contributed by atoms with Crippen LogP contribution in [0.1, 0.15) is 150 Å². The van der Waals surface area contributed by atoms with Crippen LogP contribution in [0.15, 0.2) is 41.6 Å². The zero-order valence-electron chi connectivity index (χ0n) is 26.8. The molecule has 2 fully saturated rings. The topological polar surface area (TPSA) is 106 Å². The standard InChI is InChI=1S/C36H54N2O5S/c1-43-34-26-31(36(39)40)22-24-33(34)38-44(41,42)35-25-23-32(27-37-35)30-19-13-9-12-18-29(20-14-15-21-30)28-16-10-7-5-3-2-4-6-8-11-17-28/h22-30,38H,2-21H2,1H3,(H,39,40). The van der Waals surface area contributed by atoms with E-state index in [1.54, 1.807) is 12.3 Å². The molecule has 4 rings (SSSR count). The maximum absolute atomic E-state index is 13.1. The fourth-order valence-electron chi connectivity index (χ4n) is 7.43. The van der Waals surface area contributed by atoms with Crippen molar-refractivity contribution >= 4 is 21.7 Å². The van der Waals surface area contributed by atoms with Crippen LogP contribution < -0.4 is 9.46 Å². The summed E-state index contributed by atoms with van der Waals surface area (Å²) >= 11 is 0. The number of carboxylic acid groups (broad SMARTS) is 1. The molecule has 1 heterocycles. The van der Waals surface area contributed by atoms with Crippen molar-refractivity contribution in [2.45, 2.75) is 139 Å². The number of ether oxygens (including phenoxy) is 1. The molecule has 8 heteroatoms. The Hall–Kier alpha value is -2.61. The number of pyridine rings is 1. The molecule has 2 saturated carbocycles. The first-order valence-corrected chi connectivity index (χ1v) is 18.8. The van der Waals surface area contributed by atoms with Crippen LogP contribution in [0.2, 0.25) is 0 Å². The van der Waals surface area contributed by atoms with Crippen molar-refractivity contribution < 1.29 is 23.1 Å². The van der Waals surface area contributed by atoms with Crippen LogP contribution in [0.25, 0.3) is 0 Å². The molecule has 0 saturated heterocycles. The first kappa shape index (κ1) is 34.3. The fraction of sp³-hybridized carbons (Fsp3) is 0.667. The first-order chi connectivity index (χ1) is 21.4. The average molecular weight is 627 g/mol. The van der Waals surface area contributed by atoms with E-state index in [1.807, 2.05) is 6.07 Å². The van der Waals surface area contributed by atoms with E-state index >= 15 is 0 Å². The van der Waals surface area contributed by atoms with Crippen molar-refractivity contribution in [2.24, 2.45) is 11.8 Å². The Labute approximate surface area is 265 Å². The van der Waals surface area contributed by atoms with E-state index in [4.69, 9.17) is 4.74 Å². The molecule has 0 aliphatic heterocycles. The van der Waals surface area contributed by atoms with Gasteiger partial charge in [0.2, 0.25) is 0 Å². The van der Waals surface area contributed by atoms with E-state index < -0.39 is 16.0 Å². The number of hydrogen-bond donors (Lipinski definition) is 2. The van der Waals surface area contributed by atoms with Crippen LogP contribution in [-0.2, 0) is 10.0 Å². The number of rotatable bonds is 7. The van der Waals surface area contributed by atoms with Crippen LogP contribution in [-0.4, -0.2) is 31.6 Å². The number of sulfonamides is 1. The quantitative estimate of drug-likeness (QED) is 0.317. The lowest BCUT2D eigenvalue weighted by molar-refractivity contribution is 0.0696. The highest BCUT2D eigenvalue weighted by Crippen LogP contribution is 2.36. The smallest absolute Gasteiger partial charge is 0.335 e. The van der Waals surface area contributed by atoms with E-state index in [2.05, 4.69) is 9.71 Å². The number of benzene rings is 1. The third-order valence-electron chi connectivity index (χ3n) is 10.0. The van der Waals surface area contributed by atoms with Gasteiger partial charge >= 0.3 is 5.97 Å². The fourth-order valence-corrected chi connectivity index (χ4v) is 8.43. The molecule has 0 radical (unpaired) electrons. The van der Waals surface area contributed by atoms with E-state index in [1.165, 1.54) is 141 Å². The van der Waals surface area contributed by atoms with Gasteiger partial charge in [0.05, 0.1) is 18.4 Å². The predicted octanol–water partition coefficient (Wildman–Crippen LogP) is 9.73. The molecule has 1 aromatic carbocycles. The lowest BCUT2D eigenvalue weighted by atomic mass is 9.78. The van der Waals surface area contributed by atoms with Gasteiger partial charge in [-0.15, -0.1) is 0 Å². The molecule has 0 bridgehead atoms. The molecule has 1 aromatic heterocycles. The molecule has 0 amide bonds. The summed E-state index contributed by atoms with van der Waals surface area (Å²) in [5.41, 5.74) is 1.30. The van der Waals surface area contributed by atoms with Crippen molar-refractivity contribution in [2.75, 3.05) is 11.8 Å². The number of hydrogen-bond acceptors (Lipinski definition) is 5. The van der Waals surface area contributed by atoms with E-state index in [0.717, 1.165) is 30.2 Å². The Bertz CT molecular complexity index is 1250. The number of methoxy groups -OCH3 is 1. The first-order valence-electron chi connectivity index (χ1n) is 17.3. The summed E-state index contributed by atoms with van der Waals surface area (Å²) in [5.74, 6) is 1.21. The molecule has 0 spiro atoms. The van der Waals surface area contributed by atoms with Crippen molar-refractivity contribution in [1.29, 1.82) is 0 Å². The van der Waals surface area contributed by atoms with Gasteiger partial charge in [-0.3, -0.25) is 4.72 Å². The van der Waals surface area contributed by atoms with Gasteiger partial charge in [-0.05, 0) is 60.4 Å². The molecule has 2 aromatic rings. The van der Waals surface area contributed by atoms with Crippen LogP contribution in [0.3, 0.4) is 0 Å². The van der Waals surface area contributed by atoms with Crippen molar-refractivity contribution in [3.05, 3.63) is 47.7 Å². The summed E-state index contributed by atoms with van der Waals surface area (Å²) in [6, 6.07) is 7.53. The number of nitrogens with zero attached hydrogens (tertiary/aromatic N) is 1. The van der Waals surface area contributed by atoms with Crippen molar-refractivity contribution in [1.82, 2.24) is 4.98 Å². The largest absolute Gasteiger partial charge is 0.495 e. The lowest BCUT2D eigenvalue weighted by Crippen LogP contribution is -2.16. The van der Waals surface area contributed by atoms with Crippen LogP contribution in [0, 0.1) is 11.8 Å². The second kappa shape index (κ2) is 17.8. The van der Waals surface area contributed by atoms with Gasteiger partial charge in [-0.2, -0.15) is 8.42 Å². The minimum absolute atomic E-state index is 0.0144. The number of aromatic carboxylic acids is 1. The Balaban J connectivity index is 1.35. The molecule has 244 valence electrons. The summed E-state index contributed by atoms with van der Waals surface area (Å²) in [7, 11) is -2.60. The zero-order valence-corrected chi connectivity index (χ0v) is 27.6. The highest BCUT2D eigenvalue weighted by atomic mass is 32.2. The highest BCUT2D eigenvalue weighted by molar-refractivity contribution is 7.92. The summed E-state index contributed by atoms with van der Waals surface area (Å²) < 4.78 is 34.0. The molecule has 7 nitrogen and oxygen atoms in total. The summed E-state index contributed by atoms with van der Waals surface area (Å²) in [4.78, 5) is 15.6. The minimum Gasteiger partial charge on any atom is -0.495 e. The van der Waals surface area contributed by atoms with Crippen molar-refractivity contribution in [3.63, 3.8) is 0 Å². The normalized spacial score (nSPS) is 22.5. The Morgan fingerprint density at radius 2 is 1.25 bits per heavy atom. The molecule has 2 unspecified atom stereocenters. The minimum atomic E-state index is -3.97. The van der Waals surface area contributed by atoms with E-state index in [-0.39, 0.29) is 22.0 Å². The predicted molar refractivity (Wildman–Crippen MR) is 177 cm³/mol. The summed E-state index contributed by atoms with van der Waals surface area (Å²) in [6.07, 6.45) is 28.7. The van der Waals surface area contributed by atoms with Gasteiger partial charge in [-0.25, -0.2) is 9.78 Å². The molecule has 2 aliphatic carbocycles. The summed E-state index contributed by atoms with van der Waals surface area (Å²) in [5, 5.41) is 9.16. The second-order valence-corrected chi connectivity index (χ2v) is 14.8. The monoisotopic (exact) mass is 626 g/mol. The third kappa shape index (κ3) is 10.5. The maximum atomic E-state index is 13.1. The van der Waals surface area contributed by atoms with E-state index in [0.29, 0.717) is 5.92 Å². The molecular formula is C36H54N2O5S. The van der Waals surface area contributed by atoms with Gasteiger partial charge in [0.15, 0.2) is 5.03 Å². The Morgan fingerprint density at radius 3 is 1.77 bits per heavy atom. The molecule has 44 heavy (non-hydrogen) atoms. The molecule has 2 N–H and O–H groups in total. The average Bonchev–Trinajstić information content (AvgIpc) is 3.06. The Kier molecular flexibility index (Phi) is 13.8. The Morgan fingerprint density at radius 1 is 0.750 bits per heavy atom. The van der Waals surface area contributed by atoms with Crippen LogP contribution in [0.5, 0.6) is 5.75 Å². The number of anilines is 1. The van der Waals surface area contributed by atoms with Crippen molar-refractivity contribution in [3.8, 4) is 5.75 Å². The number of carbonyl (C=O) groups is 1. The maximum Gasteiger partial charge on any atom is 0.335 e.